The Balaban J connectivity index is 2.87. The Hall–Kier alpha value is -1.01. The number of carbonyl (C=O) groups is 1. The first-order valence-corrected chi connectivity index (χ1v) is 6.22. The first-order valence-electron chi connectivity index (χ1n) is 4.93. The number of aromatic nitrogens is 1. The summed E-state index contributed by atoms with van der Waals surface area (Å²) in [5, 5.41) is 2.63. The number of amides is 1. The number of carbonyl (C=O) groups excluding carboxylic acids is 1. The van der Waals surface area contributed by atoms with Crippen LogP contribution in [0.15, 0.2) is 5.38 Å². The number of thiazole rings is 1. The summed E-state index contributed by atoms with van der Waals surface area (Å²) in [5.41, 5.74) is 5.94. The molecule has 4 nitrogen and oxygen atoms in total. The summed E-state index contributed by atoms with van der Waals surface area (Å²) in [7, 11) is 0. The van der Waals surface area contributed by atoms with Crippen molar-refractivity contribution in [2.45, 2.75) is 26.8 Å². The molecule has 2 N–H and O–H groups in total. The predicted molar refractivity (Wildman–Crippen MR) is 69.8 cm³/mol. The molecule has 0 aromatic carbocycles. The van der Waals surface area contributed by atoms with E-state index in [4.69, 9.17) is 18.0 Å². The molecule has 0 atom stereocenters. The van der Waals surface area contributed by atoms with E-state index in [1.165, 1.54) is 11.3 Å². The first kappa shape index (κ1) is 13.1. The van der Waals surface area contributed by atoms with Gasteiger partial charge in [-0.25, -0.2) is 4.98 Å². The average Bonchev–Trinajstić information content (AvgIpc) is 2.59. The Labute approximate surface area is 104 Å². The highest BCUT2D eigenvalue weighted by Crippen LogP contribution is 2.12. The van der Waals surface area contributed by atoms with Crippen molar-refractivity contribution in [2.24, 2.45) is 5.73 Å². The summed E-state index contributed by atoms with van der Waals surface area (Å²) in [6, 6.07) is 0.0519. The van der Waals surface area contributed by atoms with Crippen molar-refractivity contribution >= 4 is 34.5 Å². The standard InChI is InChI=1S/C10H15N3OS2/c1-6(2)13(4-9(11)15)10(14)8-5-16-7(3)12-8/h5-6H,4H2,1-3H3,(H2,11,15). The number of aryl methyl sites for hydroxylation is 1. The molecule has 0 aliphatic heterocycles. The Morgan fingerprint density at radius 1 is 1.69 bits per heavy atom. The molecule has 0 bridgehead atoms. The highest BCUT2D eigenvalue weighted by atomic mass is 32.1. The zero-order chi connectivity index (χ0) is 12.3. The minimum absolute atomic E-state index is 0.0519. The second-order valence-electron chi connectivity index (χ2n) is 3.74. The van der Waals surface area contributed by atoms with Gasteiger partial charge in [0.2, 0.25) is 0 Å². The smallest absolute Gasteiger partial charge is 0.273 e. The van der Waals surface area contributed by atoms with Crippen molar-refractivity contribution in [1.82, 2.24) is 9.88 Å². The lowest BCUT2D eigenvalue weighted by atomic mass is 10.3. The third-order valence-corrected chi connectivity index (χ3v) is 2.95. The molecule has 0 spiro atoms. The van der Waals surface area contributed by atoms with Gasteiger partial charge in [-0.15, -0.1) is 11.3 Å². The van der Waals surface area contributed by atoms with Crippen molar-refractivity contribution in [2.75, 3.05) is 6.54 Å². The van der Waals surface area contributed by atoms with Crippen molar-refractivity contribution in [3.8, 4) is 0 Å². The second kappa shape index (κ2) is 5.36. The molecule has 88 valence electrons. The predicted octanol–water partition coefficient (Wildman–Crippen LogP) is 1.59. The number of thiocarbonyl (C=S) groups is 1. The fourth-order valence-electron chi connectivity index (χ4n) is 1.27. The normalized spacial score (nSPS) is 10.5. The van der Waals surface area contributed by atoms with Crippen LogP contribution in [0.4, 0.5) is 0 Å². The summed E-state index contributed by atoms with van der Waals surface area (Å²) in [6.45, 7) is 6.02. The van der Waals surface area contributed by atoms with Gasteiger partial charge in [-0.3, -0.25) is 4.79 Å². The largest absolute Gasteiger partial charge is 0.392 e. The van der Waals surface area contributed by atoms with Crippen LogP contribution in [0, 0.1) is 6.92 Å². The van der Waals surface area contributed by atoms with E-state index in [9.17, 15) is 4.79 Å². The van der Waals surface area contributed by atoms with E-state index in [0.717, 1.165) is 5.01 Å². The first-order chi connectivity index (χ1) is 7.41. The Kier molecular flexibility index (Phi) is 4.37. The van der Waals surface area contributed by atoms with Gasteiger partial charge in [0.1, 0.15) is 5.69 Å². The van der Waals surface area contributed by atoms with Crippen LogP contribution in [0.25, 0.3) is 0 Å². The van der Waals surface area contributed by atoms with Gasteiger partial charge in [-0.05, 0) is 20.8 Å². The number of hydrogen-bond donors (Lipinski definition) is 1. The Morgan fingerprint density at radius 3 is 2.69 bits per heavy atom. The molecule has 6 heteroatoms. The van der Waals surface area contributed by atoms with Crippen molar-refractivity contribution in [3.63, 3.8) is 0 Å². The lowest BCUT2D eigenvalue weighted by Crippen LogP contribution is -2.42. The number of nitrogens with zero attached hydrogens (tertiary/aromatic N) is 2. The molecule has 0 saturated heterocycles. The van der Waals surface area contributed by atoms with Crippen molar-refractivity contribution < 1.29 is 4.79 Å². The quantitative estimate of drug-likeness (QED) is 0.832. The average molecular weight is 257 g/mol. The van der Waals surface area contributed by atoms with Crippen LogP contribution < -0.4 is 5.73 Å². The second-order valence-corrected chi connectivity index (χ2v) is 5.33. The monoisotopic (exact) mass is 257 g/mol. The van der Waals surface area contributed by atoms with Crippen molar-refractivity contribution in [1.29, 1.82) is 0 Å². The van der Waals surface area contributed by atoms with E-state index in [2.05, 4.69) is 4.98 Å². The zero-order valence-corrected chi connectivity index (χ0v) is 11.2. The minimum atomic E-state index is -0.118. The maximum atomic E-state index is 12.1. The maximum absolute atomic E-state index is 12.1. The van der Waals surface area contributed by atoms with Crippen LogP contribution in [0.3, 0.4) is 0 Å². The zero-order valence-electron chi connectivity index (χ0n) is 9.56. The molecule has 0 aliphatic rings. The van der Waals surface area contributed by atoms with Crippen LogP contribution in [0.2, 0.25) is 0 Å². The third kappa shape index (κ3) is 3.24. The maximum Gasteiger partial charge on any atom is 0.273 e. The fraction of sp³-hybridized carbons (Fsp3) is 0.500. The van der Waals surface area contributed by atoms with Crippen molar-refractivity contribution in [3.05, 3.63) is 16.1 Å². The fourth-order valence-corrected chi connectivity index (χ4v) is 1.99. The molecular weight excluding hydrogens is 242 g/mol. The lowest BCUT2D eigenvalue weighted by molar-refractivity contribution is 0.0731. The third-order valence-electron chi connectivity index (χ3n) is 2.05. The van der Waals surface area contributed by atoms with Crippen LogP contribution in [-0.4, -0.2) is 33.4 Å². The summed E-state index contributed by atoms with van der Waals surface area (Å²) in [6.07, 6.45) is 0. The molecule has 0 saturated carbocycles. The van der Waals surface area contributed by atoms with Crippen LogP contribution in [-0.2, 0) is 0 Å². The van der Waals surface area contributed by atoms with E-state index in [1.54, 1.807) is 10.3 Å². The lowest BCUT2D eigenvalue weighted by Gasteiger charge is -2.25. The highest BCUT2D eigenvalue weighted by molar-refractivity contribution is 7.80. The van der Waals surface area contributed by atoms with Gasteiger partial charge in [-0.2, -0.15) is 0 Å². The molecule has 1 aromatic rings. The molecule has 0 radical (unpaired) electrons. The number of rotatable bonds is 4. The Bertz CT molecular complexity index is 401. The molecule has 1 rings (SSSR count). The molecule has 1 heterocycles. The van der Waals surface area contributed by atoms with Gasteiger partial charge < -0.3 is 10.6 Å². The Morgan fingerprint density at radius 2 is 2.31 bits per heavy atom. The topological polar surface area (TPSA) is 59.2 Å². The van der Waals surface area contributed by atoms with E-state index in [-0.39, 0.29) is 11.9 Å². The summed E-state index contributed by atoms with van der Waals surface area (Å²) in [4.78, 5) is 18.2. The molecular formula is C10H15N3OS2. The molecule has 1 amide bonds. The van der Waals surface area contributed by atoms with Crippen LogP contribution in [0.5, 0.6) is 0 Å². The van der Waals surface area contributed by atoms with Crippen LogP contribution >= 0.6 is 23.6 Å². The number of nitrogens with two attached hydrogens (primary N) is 1. The summed E-state index contributed by atoms with van der Waals surface area (Å²) < 4.78 is 0. The molecule has 16 heavy (non-hydrogen) atoms. The van der Waals surface area contributed by atoms with Crippen LogP contribution in [0.1, 0.15) is 29.3 Å². The SMILES string of the molecule is Cc1nc(C(=O)N(CC(N)=S)C(C)C)cs1. The molecule has 0 unspecified atom stereocenters. The van der Waals surface area contributed by atoms with Gasteiger partial charge in [0.05, 0.1) is 16.5 Å². The van der Waals surface area contributed by atoms with E-state index in [1.807, 2.05) is 20.8 Å². The van der Waals surface area contributed by atoms with Gasteiger partial charge in [0.25, 0.3) is 5.91 Å². The summed E-state index contributed by atoms with van der Waals surface area (Å²) in [5.74, 6) is -0.118. The van der Waals surface area contributed by atoms with Gasteiger partial charge in [0, 0.05) is 11.4 Å². The molecule has 0 aliphatic carbocycles. The highest BCUT2D eigenvalue weighted by Gasteiger charge is 2.21. The van der Waals surface area contributed by atoms with Gasteiger partial charge >= 0.3 is 0 Å². The number of hydrogen-bond acceptors (Lipinski definition) is 4. The van der Waals surface area contributed by atoms with E-state index in [0.29, 0.717) is 17.2 Å². The summed E-state index contributed by atoms with van der Waals surface area (Å²) >= 11 is 6.29. The minimum Gasteiger partial charge on any atom is -0.392 e. The van der Waals surface area contributed by atoms with E-state index < -0.39 is 0 Å². The molecule has 1 aromatic heterocycles. The van der Waals surface area contributed by atoms with E-state index >= 15 is 0 Å². The molecule has 0 fully saturated rings. The van der Waals surface area contributed by atoms with Gasteiger partial charge in [-0.1, -0.05) is 12.2 Å². The van der Waals surface area contributed by atoms with Gasteiger partial charge in [0.15, 0.2) is 0 Å².